The number of H-pyrrole nitrogens is 1. The van der Waals surface area contributed by atoms with E-state index in [-0.39, 0.29) is 6.61 Å². The van der Waals surface area contributed by atoms with Gasteiger partial charge in [0.1, 0.15) is 22.9 Å². The van der Waals surface area contributed by atoms with E-state index in [9.17, 15) is 4.79 Å². The van der Waals surface area contributed by atoms with Gasteiger partial charge in [-0.1, -0.05) is 24.3 Å². The van der Waals surface area contributed by atoms with Crippen molar-refractivity contribution >= 4 is 18.1 Å². The molecule has 0 aliphatic rings. The Labute approximate surface area is 174 Å². The van der Waals surface area contributed by atoms with Gasteiger partial charge in [0.15, 0.2) is 6.61 Å². The average molecular weight is 409 g/mol. The van der Waals surface area contributed by atoms with E-state index in [0.29, 0.717) is 29.5 Å². The van der Waals surface area contributed by atoms with Crippen LogP contribution < -0.4 is 14.2 Å². The minimum absolute atomic E-state index is 0.117. The molecule has 30 heavy (non-hydrogen) atoms. The fourth-order valence-electron chi connectivity index (χ4n) is 2.82. The molecule has 0 saturated carbocycles. The van der Waals surface area contributed by atoms with E-state index in [1.54, 1.807) is 45.5 Å². The first kappa shape index (κ1) is 20.9. The molecule has 3 aromatic rings. The maximum absolute atomic E-state index is 11.4. The minimum atomic E-state index is -0.395. The zero-order chi connectivity index (χ0) is 21.3. The number of benzene rings is 2. The van der Waals surface area contributed by atoms with Gasteiger partial charge in [-0.15, -0.1) is 0 Å². The van der Waals surface area contributed by atoms with Crippen LogP contribution in [0.1, 0.15) is 18.1 Å². The molecule has 2 aromatic carbocycles. The summed E-state index contributed by atoms with van der Waals surface area (Å²) in [4.78, 5) is 11.4. The Balaban J connectivity index is 1.82. The van der Waals surface area contributed by atoms with Gasteiger partial charge >= 0.3 is 5.97 Å². The zero-order valence-corrected chi connectivity index (χ0v) is 17.0. The maximum Gasteiger partial charge on any atom is 0.344 e. The molecule has 1 heterocycles. The smallest absolute Gasteiger partial charge is 0.344 e. The number of methoxy groups -OCH3 is 2. The van der Waals surface area contributed by atoms with Crippen LogP contribution in [0.2, 0.25) is 0 Å². The maximum atomic E-state index is 11.4. The number of rotatable bonds is 9. The molecule has 8 heteroatoms. The molecule has 0 fully saturated rings. The number of nitrogens with zero attached hydrogens (tertiary/aromatic N) is 2. The Morgan fingerprint density at radius 2 is 1.87 bits per heavy atom. The summed E-state index contributed by atoms with van der Waals surface area (Å²) in [6, 6.07) is 11.1. The number of hydrogen-bond acceptors (Lipinski definition) is 7. The molecule has 1 aromatic heterocycles. The van der Waals surface area contributed by atoms with Crippen molar-refractivity contribution in [1.29, 1.82) is 0 Å². The largest absolute Gasteiger partial charge is 0.497 e. The fourth-order valence-corrected chi connectivity index (χ4v) is 2.82. The van der Waals surface area contributed by atoms with Gasteiger partial charge in [-0.2, -0.15) is 15.4 Å². The van der Waals surface area contributed by atoms with E-state index >= 15 is 0 Å². The van der Waals surface area contributed by atoms with Crippen molar-refractivity contribution in [2.45, 2.75) is 6.92 Å². The Hall–Kier alpha value is -3.81. The van der Waals surface area contributed by atoms with Crippen molar-refractivity contribution in [3.05, 3.63) is 53.7 Å². The Bertz CT molecular complexity index is 998. The highest BCUT2D eigenvalue weighted by atomic mass is 16.6. The van der Waals surface area contributed by atoms with E-state index < -0.39 is 5.97 Å². The van der Waals surface area contributed by atoms with Crippen molar-refractivity contribution in [3.8, 4) is 28.5 Å². The molecule has 1 N–H and O–H groups in total. The number of aromatic nitrogens is 3. The number of hydrogen-bond donors (Lipinski definition) is 1. The topological polar surface area (TPSA) is 95.6 Å². The Morgan fingerprint density at radius 3 is 2.50 bits per heavy atom. The summed E-state index contributed by atoms with van der Waals surface area (Å²) in [7, 11) is 3.20. The summed E-state index contributed by atoms with van der Waals surface area (Å²) in [6.07, 6.45) is 5.54. The fraction of sp³-hybridized carbons (Fsp3) is 0.227. The van der Waals surface area contributed by atoms with Gasteiger partial charge in [-0.05, 0) is 36.2 Å². The number of nitrogens with one attached hydrogen (secondary N) is 1. The second kappa shape index (κ2) is 10.1. The van der Waals surface area contributed by atoms with E-state index in [1.807, 2.05) is 30.4 Å². The van der Waals surface area contributed by atoms with Gasteiger partial charge in [0.2, 0.25) is 0 Å². The second-order valence-corrected chi connectivity index (χ2v) is 6.15. The molecule has 0 unspecified atom stereocenters. The van der Waals surface area contributed by atoms with Crippen LogP contribution >= 0.6 is 0 Å². The monoisotopic (exact) mass is 409 g/mol. The van der Waals surface area contributed by atoms with Gasteiger partial charge in [0.25, 0.3) is 0 Å². The minimum Gasteiger partial charge on any atom is -0.497 e. The number of aromatic amines is 1. The standard InChI is InChI=1S/C22H23N3O5/c1-4-29-21(26)14-30-17-9-6-15(7-10-17)5-8-16-11-18(27-2)12-20(28-3)22(16)19-13-23-25-24-19/h5-13H,4,14H2,1-3H3,(H,23,24,25)/b8-5+. The lowest BCUT2D eigenvalue weighted by molar-refractivity contribution is -0.145. The molecular weight excluding hydrogens is 386 g/mol. The van der Waals surface area contributed by atoms with Gasteiger partial charge in [0, 0.05) is 6.07 Å². The van der Waals surface area contributed by atoms with Crippen LogP contribution in [0, 0.1) is 0 Å². The lowest BCUT2D eigenvalue weighted by Gasteiger charge is -2.12. The molecule has 0 amide bonds. The third-order valence-electron chi connectivity index (χ3n) is 4.23. The van der Waals surface area contributed by atoms with E-state index in [2.05, 4.69) is 15.4 Å². The average Bonchev–Trinajstić information content (AvgIpc) is 3.30. The summed E-state index contributed by atoms with van der Waals surface area (Å²) < 4.78 is 21.2. The Morgan fingerprint density at radius 1 is 1.07 bits per heavy atom. The lowest BCUT2D eigenvalue weighted by atomic mass is 10.0. The molecule has 0 radical (unpaired) electrons. The highest BCUT2D eigenvalue weighted by Gasteiger charge is 2.15. The number of ether oxygens (including phenoxy) is 4. The van der Waals surface area contributed by atoms with Crippen LogP contribution in [0.4, 0.5) is 0 Å². The molecule has 0 saturated heterocycles. The first-order chi connectivity index (χ1) is 14.6. The van der Waals surface area contributed by atoms with E-state index in [4.69, 9.17) is 18.9 Å². The number of esters is 1. The van der Waals surface area contributed by atoms with Crippen molar-refractivity contribution < 1.29 is 23.7 Å². The van der Waals surface area contributed by atoms with Gasteiger partial charge in [-0.25, -0.2) is 4.79 Å². The first-order valence-electron chi connectivity index (χ1n) is 9.33. The van der Waals surface area contributed by atoms with Crippen molar-refractivity contribution in [1.82, 2.24) is 15.4 Å². The number of carbonyl (C=O) groups excluding carboxylic acids is 1. The first-order valence-corrected chi connectivity index (χ1v) is 9.33. The molecule has 156 valence electrons. The predicted octanol–water partition coefficient (Wildman–Crippen LogP) is 3.60. The van der Waals surface area contributed by atoms with Crippen LogP contribution in [-0.4, -0.2) is 48.8 Å². The van der Waals surface area contributed by atoms with E-state index in [1.165, 1.54) is 0 Å². The van der Waals surface area contributed by atoms with Crippen LogP contribution in [0.5, 0.6) is 17.2 Å². The van der Waals surface area contributed by atoms with Crippen molar-refractivity contribution in [2.24, 2.45) is 0 Å². The van der Waals surface area contributed by atoms with Crippen molar-refractivity contribution in [3.63, 3.8) is 0 Å². The highest BCUT2D eigenvalue weighted by Crippen LogP contribution is 2.36. The van der Waals surface area contributed by atoms with Crippen molar-refractivity contribution in [2.75, 3.05) is 27.4 Å². The molecule has 3 rings (SSSR count). The van der Waals surface area contributed by atoms with Gasteiger partial charge in [0.05, 0.1) is 32.6 Å². The van der Waals surface area contributed by atoms with Crippen LogP contribution in [-0.2, 0) is 9.53 Å². The van der Waals surface area contributed by atoms with Crippen LogP contribution in [0.3, 0.4) is 0 Å². The molecule has 0 spiro atoms. The Kier molecular flexibility index (Phi) is 7.05. The SMILES string of the molecule is CCOC(=O)COc1ccc(/C=C/c2cc(OC)cc(OC)c2-c2cn[nH]n2)cc1. The molecule has 0 aliphatic carbocycles. The third kappa shape index (κ3) is 5.16. The van der Waals surface area contributed by atoms with E-state index in [0.717, 1.165) is 16.7 Å². The second-order valence-electron chi connectivity index (χ2n) is 6.15. The third-order valence-corrected chi connectivity index (χ3v) is 4.23. The van der Waals surface area contributed by atoms with Gasteiger partial charge < -0.3 is 18.9 Å². The summed E-state index contributed by atoms with van der Waals surface area (Å²) in [5, 5.41) is 10.7. The summed E-state index contributed by atoms with van der Waals surface area (Å²) in [5.41, 5.74) is 3.28. The summed E-state index contributed by atoms with van der Waals surface area (Å²) >= 11 is 0. The molecule has 0 bridgehead atoms. The molecule has 0 aliphatic heterocycles. The summed E-state index contributed by atoms with van der Waals surface area (Å²) in [5.74, 6) is 1.49. The van der Waals surface area contributed by atoms with Crippen LogP contribution in [0.15, 0.2) is 42.6 Å². The predicted molar refractivity (Wildman–Crippen MR) is 112 cm³/mol. The molecule has 0 atom stereocenters. The molecule has 8 nitrogen and oxygen atoms in total. The van der Waals surface area contributed by atoms with Gasteiger partial charge in [-0.3, -0.25) is 0 Å². The zero-order valence-electron chi connectivity index (χ0n) is 17.0. The highest BCUT2D eigenvalue weighted by molar-refractivity contribution is 5.84. The number of carbonyl (C=O) groups is 1. The summed E-state index contributed by atoms with van der Waals surface area (Å²) in [6.45, 7) is 1.97. The molecular formula is C22H23N3O5. The lowest BCUT2D eigenvalue weighted by Crippen LogP contribution is -2.14. The normalized spacial score (nSPS) is 10.8. The quantitative estimate of drug-likeness (QED) is 0.426. The van der Waals surface area contributed by atoms with Crippen LogP contribution in [0.25, 0.3) is 23.4 Å².